The Morgan fingerprint density at radius 3 is 2.61 bits per heavy atom. The quantitative estimate of drug-likeness (QED) is 0.581. The molecule has 0 saturated carbocycles. The Bertz CT molecular complexity index is 384. The van der Waals surface area contributed by atoms with Crippen molar-refractivity contribution < 1.29 is 9.18 Å². The molecule has 1 rings (SSSR count). The molecule has 0 radical (unpaired) electrons. The monoisotopic (exact) mass is 249 g/mol. The first-order valence-corrected chi connectivity index (χ1v) is 6.44. The number of unbranched alkanes of at least 4 members (excludes halogenated alkanes) is 3. The van der Waals surface area contributed by atoms with Crippen LogP contribution in [-0.4, -0.2) is 12.5 Å². The van der Waals surface area contributed by atoms with Gasteiger partial charge in [-0.1, -0.05) is 38.3 Å². The van der Waals surface area contributed by atoms with Crippen molar-refractivity contribution in [2.24, 2.45) is 0 Å². The van der Waals surface area contributed by atoms with Crippen molar-refractivity contribution in [3.05, 3.63) is 41.7 Å². The highest BCUT2D eigenvalue weighted by molar-refractivity contribution is 5.91. The average Bonchev–Trinajstić information content (AvgIpc) is 2.38. The van der Waals surface area contributed by atoms with Crippen LogP contribution in [0.1, 0.15) is 38.2 Å². The zero-order chi connectivity index (χ0) is 13.2. The van der Waals surface area contributed by atoms with Crippen LogP contribution >= 0.6 is 0 Å². The highest BCUT2D eigenvalue weighted by Gasteiger charge is 1.95. The molecule has 1 aromatic rings. The Balaban J connectivity index is 2.25. The minimum atomic E-state index is -0.271. The lowest BCUT2D eigenvalue weighted by molar-refractivity contribution is -0.116. The normalized spacial score (nSPS) is 10.8. The van der Waals surface area contributed by atoms with Crippen LogP contribution in [-0.2, 0) is 4.79 Å². The summed E-state index contributed by atoms with van der Waals surface area (Å²) in [7, 11) is 0. The van der Waals surface area contributed by atoms with Crippen LogP contribution in [0.3, 0.4) is 0 Å². The van der Waals surface area contributed by atoms with E-state index in [2.05, 4.69) is 12.2 Å². The Morgan fingerprint density at radius 2 is 1.94 bits per heavy atom. The molecule has 0 aliphatic carbocycles. The molecule has 0 aliphatic heterocycles. The van der Waals surface area contributed by atoms with Gasteiger partial charge in [-0.25, -0.2) is 4.39 Å². The van der Waals surface area contributed by atoms with Crippen molar-refractivity contribution in [2.75, 3.05) is 6.54 Å². The van der Waals surface area contributed by atoms with E-state index >= 15 is 0 Å². The summed E-state index contributed by atoms with van der Waals surface area (Å²) in [6, 6.07) is 6.03. The van der Waals surface area contributed by atoms with Crippen molar-refractivity contribution in [3.8, 4) is 0 Å². The highest BCUT2D eigenvalue weighted by atomic mass is 19.1. The first kappa shape index (κ1) is 14.4. The van der Waals surface area contributed by atoms with E-state index in [9.17, 15) is 9.18 Å². The molecule has 0 bridgehead atoms. The summed E-state index contributed by atoms with van der Waals surface area (Å²) in [4.78, 5) is 11.4. The van der Waals surface area contributed by atoms with Gasteiger partial charge in [0, 0.05) is 12.6 Å². The summed E-state index contributed by atoms with van der Waals surface area (Å²) >= 11 is 0. The van der Waals surface area contributed by atoms with Crippen LogP contribution in [0, 0.1) is 5.82 Å². The van der Waals surface area contributed by atoms with Crippen LogP contribution < -0.4 is 5.32 Å². The number of benzene rings is 1. The molecule has 1 amide bonds. The van der Waals surface area contributed by atoms with Gasteiger partial charge in [-0.3, -0.25) is 4.79 Å². The van der Waals surface area contributed by atoms with Crippen molar-refractivity contribution >= 4 is 12.0 Å². The number of hydrogen-bond acceptors (Lipinski definition) is 1. The second kappa shape index (κ2) is 8.45. The van der Waals surface area contributed by atoms with Gasteiger partial charge in [0.15, 0.2) is 0 Å². The lowest BCUT2D eigenvalue weighted by Crippen LogP contribution is -2.21. The number of carbonyl (C=O) groups is 1. The summed E-state index contributed by atoms with van der Waals surface area (Å²) in [5.41, 5.74) is 0.817. The molecule has 0 heterocycles. The molecular formula is C15H20FNO. The maximum atomic E-state index is 12.7. The van der Waals surface area contributed by atoms with Crippen molar-refractivity contribution in [1.29, 1.82) is 0 Å². The standard InChI is InChI=1S/C15H20FNO/c1-2-3-4-5-12-17-15(18)11-8-13-6-9-14(16)10-7-13/h6-11H,2-5,12H2,1H3,(H,17,18)/b11-8+. The van der Waals surface area contributed by atoms with Gasteiger partial charge in [0.05, 0.1) is 0 Å². The molecule has 2 nitrogen and oxygen atoms in total. The molecule has 0 fully saturated rings. The summed E-state index contributed by atoms with van der Waals surface area (Å²) < 4.78 is 12.7. The van der Waals surface area contributed by atoms with E-state index in [-0.39, 0.29) is 11.7 Å². The predicted octanol–water partition coefficient (Wildman–Crippen LogP) is 3.54. The van der Waals surface area contributed by atoms with Crippen LogP contribution in [0.5, 0.6) is 0 Å². The Kier molecular flexibility index (Phi) is 6.77. The largest absolute Gasteiger partial charge is 0.353 e. The fourth-order valence-electron chi connectivity index (χ4n) is 1.57. The molecule has 3 heteroatoms. The molecule has 0 unspecified atom stereocenters. The fraction of sp³-hybridized carbons (Fsp3) is 0.400. The zero-order valence-corrected chi connectivity index (χ0v) is 10.8. The van der Waals surface area contributed by atoms with E-state index in [1.54, 1.807) is 18.2 Å². The van der Waals surface area contributed by atoms with Crippen molar-refractivity contribution in [2.45, 2.75) is 32.6 Å². The van der Waals surface area contributed by atoms with Crippen LogP contribution in [0.2, 0.25) is 0 Å². The van der Waals surface area contributed by atoms with E-state index in [4.69, 9.17) is 0 Å². The second-order valence-electron chi connectivity index (χ2n) is 4.24. The Labute approximate surface area is 108 Å². The minimum Gasteiger partial charge on any atom is -0.353 e. The number of nitrogens with one attached hydrogen (secondary N) is 1. The highest BCUT2D eigenvalue weighted by Crippen LogP contribution is 2.04. The van der Waals surface area contributed by atoms with Crippen molar-refractivity contribution in [3.63, 3.8) is 0 Å². The number of halogens is 1. The van der Waals surface area contributed by atoms with Gasteiger partial charge in [0.25, 0.3) is 0 Å². The van der Waals surface area contributed by atoms with E-state index < -0.39 is 0 Å². The molecule has 18 heavy (non-hydrogen) atoms. The fourth-order valence-corrected chi connectivity index (χ4v) is 1.57. The van der Waals surface area contributed by atoms with Crippen LogP contribution in [0.25, 0.3) is 6.08 Å². The SMILES string of the molecule is CCCCCCNC(=O)/C=C/c1ccc(F)cc1. The molecule has 0 atom stereocenters. The molecule has 0 aromatic heterocycles. The number of rotatable bonds is 7. The topological polar surface area (TPSA) is 29.1 Å². The summed E-state index contributed by atoms with van der Waals surface area (Å²) in [6.07, 6.45) is 7.73. The van der Waals surface area contributed by atoms with Gasteiger partial charge >= 0.3 is 0 Å². The maximum absolute atomic E-state index is 12.7. The Morgan fingerprint density at radius 1 is 1.22 bits per heavy atom. The molecule has 0 saturated heterocycles. The first-order valence-electron chi connectivity index (χ1n) is 6.44. The lowest BCUT2D eigenvalue weighted by Gasteiger charge is -2.01. The number of carbonyl (C=O) groups excluding carboxylic acids is 1. The molecule has 0 aliphatic rings. The van der Waals surface area contributed by atoms with E-state index in [1.165, 1.54) is 31.1 Å². The number of amides is 1. The van der Waals surface area contributed by atoms with Gasteiger partial charge in [-0.05, 0) is 30.2 Å². The predicted molar refractivity (Wildman–Crippen MR) is 72.6 cm³/mol. The molecule has 0 spiro atoms. The zero-order valence-electron chi connectivity index (χ0n) is 10.8. The second-order valence-corrected chi connectivity index (χ2v) is 4.24. The first-order chi connectivity index (χ1) is 8.72. The number of hydrogen-bond donors (Lipinski definition) is 1. The van der Waals surface area contributed by atoms with Gasteiger partial charge in [-0.15, -0.1) is 0 Å². The van der Waals surface area contributed by atoms with Gasteiger partial charge in [-0.2, -0.15) is 0 Å². The molecule has 1 N–H and O–H groups in total. The summed E-state index contributed by atoms with van der Waals surface area (Å²) in [5, 5.41) is 2.82. The molecule has 1 aromatic carbocycles. The Hall–Kier alpha value is -1.64. The minimum absolute atomic E-state index is 0.101. The van der Waals surface area contributed by atoms with Gasteiger partial charge in [0.2, 0.25) is 5.91 Å². The van der Waals surface area contributed by atoms with Gasteiger partial charge < -0.3 is 5.32 Å². The van der Waals surface area contributed by atoms with E-state index in [0.717, 1.165) is 18.4 Å². The van der Waals surface area contributed by atoms with E-state index in [0.29, 0.717) is 6.54 Å². The lowest BCUT2D eigenvalue weighted by atomic mass is 10.2. The van der Waals surface area contributed by atoms with Crippen molar-refractivity contribution in [1.82, 2.24) is 5.32 Å². The average molecular weight is 249 g/mol. The van der Waals surface area contributed by atoms with Gasteiger partial charge in [0.1, 0.15) is 5.82 Å². The third kappa shape index (κ3) is 6.18. The maximum Gasteiger partial charge on any atom is 0.243 e. The molecular weight excluding hydrogens is 229 g/mol. The molecule has 98 valence electrons. The third-order valence-electron chi connectivity index (χ3n) is 2.63. The summed E-state index contributed by atoms with van der Waals surface area (Å²) in [6.45, 7) is 2.87. The van der Waals surface area contributed by atoms with Crippen LogP contribution in [0.4, 0.5) is 4.39 Å². The third-order valence-corrected chi connectivity index (χ3v) is 2.63. The van der Waals surface area contributed by atoms with E-state index in [1.807, 2.05) is 0 Å². The van der Waals surface area contributed by atoms with Crippen LogP contribution in [0.15, 0.2) is 30.3 Å². The smallest absolute Gasteiger partial charge is 0.243 e. The summed E-state index contributed by atoms with van der Waals surface area (Å²) in [5.74, 6) is -0.372.